The molecule has 4 nitrogen and oxygen atoms in total. The summed E-state index contributed by atoms with van der Waals surface area (Å²) in [6, 6.07) is 8.07. The first kappa shape index (κ1) is 16.0. The van der Waals surface area contributed by atoms with Gasteiger partial charge >= 0.3 is 5.97 Å². The van der Waals surface area contributed by atoms with Gasteiger partial charge in [-0.3, -0.25) is 4.79 Å². The van der Waals surface area contributed by atoms with Crippen LogP contribution in [0.25, 0.3) is 0 Å². The van der Waals surface area contributed by atoms with E-state index in [1.165, 1.54) is 38.6 Å². The molecule has 0 spiro atoms. The molecule has 1 fully saturated rings. The van der Waals surface area contributed by atoms with Crippen molar-refractivity contribution in [3.05, 3.63) is 35.4 Å². The van der Waals surface area contributed by atoms with Crippen molar-refractivity contribution in [3.8, 4) is 0 Å². The van der Waals surface area contributed by atoms with E-state index in [9.17, 15) is 4.79 Å². The van der Waals surface area contributed by atoms with Crippen molar-refractivity contribution in [2.75, 3.05) is 33.8 Å². The fourth-order valence-corrected chi connectivity index (χ4v) is 2.98. The lowest BCUT2D eigenvalue weighted by Crippen LogP contribution is -2.37. The molecule has 0 aromatic heterocycles. The number of nitrogens with one attached hydrogen (secondary N) is 1. The number of carbonyl (C=O) groups is 1. The second-order valence-electron chi connectivity index (χ2n) is 5.92. The van der Waals surface area contributed by atoms with Crippen LogP contribution in [0, 0.1) is 5.92 Å². The van der Waals surface area contributed by atoms with Crippen LogP contribution < -0.4 is 5.32 Å². The zero-order valence-electron chi connectivity index (χ0n) is 13.1. The summed E-state index contributed by atoms with van der Waals surface area (Å²) in [5.74, 6) is 0.549. The molecule has 1 atom stereocenters. The predicted molar refractivity (Wildman–Crippen MR) is 84.1 cm³/mol. The largest absolute Gasteiger partial charge is 0.469 e. The van der Waals surface area contributed by atoms with Crippen LogP contribution >= 0.6 is 0 Å². The summed E-state index contributed by atoms with van der Waals surface area (Å²) in [5.41, 5.74) is 2.24. The third-order valence-corrected chi connectivity index (χ3v) is 4.15. The highest BCUT2D eigenvalue weighted by Crippen LogP contribution is 2.15. The number of methoxy groups -OCH3 is 1. The van der Waals surface area contributed by atoms with E-state index in [1.807, 2.05) is 18.2 Å². The van der Waals surface area contributed by atoms with E-state index in [1.54, 1.807) is 0 Å². The van der Waals surface area contributed by atoms with Gasteiger partial charge in [0, 0.05) is 13.1 Å². The summed E-state index contributed by atoms with van der Waals surface area (Å²) < 4.78 is 4.76. The van der Waals surface area contributed by atoms with E-state index in [-0.39, 0.29) is 5.97 Å². The van der Waals surface area contributed by atoms with Gasteiger partial charge in [-0.25, -0.2) is 0 Å². The average molecular weight is 290 g/mol. The molecule has 1 aromatic carbocycles. The third-order valence-electron chi connectivity index (χ3n) is 4.15. The van der Waals surface area contributed by atoms with E-state index in [0.717, 1.165) is 24.6 Å². The predicted octanol–water partition coefficient (Wildman–Crippen LogP) is 1.83. The highest BCUT2D eigenvalue weighted by molar-refractivity contribution is 5.72. The summed E-state index contributed by atoms with van der Waals surface area (Å²) in [6.07, 6.45) is 2.95. The maximum absolute atomic E-state index is 11.4. The molecule has 116 valence electrons. The van der Waals surface area contributed by atoms with E-state index < -0.39 is 0 Å². The van der Waals surface area contributed by atoms with Crippen LogP contribution in [0.2, 0.25) is 0 Å². The van der Waals surface area contributed by atoms with Gasteiger partial charge in [-0.05, 0) is 50.0 Å². The minimum absolute atomic E-state index is 0.184. The van der Waals surface area contributed by atoms with Crippen molar-refractivity contribution in [3.63, 3.8) is 0 Å². The maximum atomic E-state index is 11.4. The number of hydrogen-bond acceptors (Lipinski definition) is 4. The summed E-state index contributed by atoms with van der Waals surface area (Å²) in [4.78, 5) is 13.8. The maximum Gasteiger partial charge on any atom is 0.309 e. The second-order valence-corrected chi connectivity index (χ2v) is 5.92. The number of rotatable bonds is 6. The third kappa shape index (κ3) is 5.14. The minimum Gasteiger partial charge on any atom is -0.469 e. The molecule has 1 N–H and O–H groups in total. The SMILES string of the molecule is COC(=O)Cc1ccccc1CNCC1CCCN(C)C1. The molecule has 1 saturated heterocycles. The number of benzene rings is 1. The normalized spacial score (nSPS) is 19.4. The molecule has 0 aliphatic carbocycles. The van der Waals surface area contributed by atoms with Crippen LogP contribution in [0.1, 0.15) is 24.0 Å². The molecule has 1 aliphatic heterocycles. The first-order chi connectivity index (χ1) is 10.2. The Labute approximate surface area is 127 Å². The van der Waals surface area contributed by atoms with Crippen LogP contribution in [0.5, 0.6) is 0 Å². The molecule has 0 bridgehead atoms. The molecule has 2 rings (SSSR count). The molecule has 1 aliphatic rings. The number of carbonyl (C=O) groups excluding carboxylic acids is 1. The number of piperidine rings is 1. The van der Waals surface area contributed by atoms with Gasteiger partial charge in [-0.15, -0.1) is 0 Å². The Balaban J connectivity index is 1.83. The standard InChI is InChI=1S/C17H26N2O2/c1-19-9-5-6-14(13-19)11-18-12-16-8-4-3-7-15(16)10-17(20)21-2/h3-4,7-8,14,18H,5-6,9-13H2,1-2H3. The summed E-state index contributed by atoms with van der Waals surface area (Å²) in [7, 11) is 3.63. The van der Waals surface area contributed by atoms with Crippen LogP contribution in [-0.2, 0) is 22.5 Å². The molecular formula is C17H26N2O2. The lowest BCUT2D eigenvalue weighted by atomic mass is 9.98. The van der Waals surface area contributed by atoms with Crippen molar-refractivity contribution in [1.29, 1.82) is 0 Å². The minimum atomic E-state index is -0.184. The number of likely N-dealkylation sites (tertiary alicyclic amines) is 1. The Morgan fingerprint density at radius 2 is 2.14 bits per heavy atom. The Kier molecular flexibility index (Phi) is 6.21. The molecule has 0 amide bonds. The highest BCUT2D eigenvalue weighted by atomic mass is 16.5. The van der Waals surface area contributed by atoms with Gasteiger partial charge in [0.05, 0.1) is 13.5 Å². The first-order valence-electron chi connectivity index (χ1n) is 7.72. The molecule has 21 heavy (non-hydrogen) atoms. The van der Waals surface area contributed by atoms with E-state index in [4.69, 9.17) is 4.74 Å². The average Bonchev–Trinajstić information content (AvgIpc) is 2.49. The first-order valence-corrected chi connectivity index (χ1v) is 7.72. The molecule has 0 saturated carbocycles. The van der Waals surface area contributed by atoms with E-state index in [0.29, 0.717) is 6.42 Å². The second kappa shape index (κ2) is 8.15. The Hall–Kier alpha value is -1.39. The Bertz CT molecular complexity index is 462. The van der Waals surface area contributed by atoms with Gasteiger partial charge in [-0.2, -0.15) is 0 Å². The summed E-state index contributed by atoms with van der Waals surface area (Å²) in [6.45, 7) is 4.25. The molecule has 1 heterocycles. The topological polar surface area (TPSA) is 41.6 Å². The van der Waals surface area contributed by atoms with Crippen LogP contribution in [0.3, 0.4) is 0 Å². The number of nitrogens with zero attached hydrogens (tertiary/aromatic N) is 1. The number of hydrogen-bond donors (Lipinski definition) is 1. The van der Waals surface area contributed by atoms with Crippen LogP contribution in [0.15, 0.2) is 24.3 Å². The van der Waals surface area contributed by atoms with Gasteiger partial charge in [0.1, 0.15) is 0 Å². The van der Waals surface area contributed by atoms with Gasteiger partial charge in [-0.1, -0.05) is 24.3 Å². The van der Waals surface area contributed by atoms with Crippen molar-refractivity contribution in [2.24, 2.45) is 5.92 Å². The Morgan fingerprint density at radius 3 is 2.86 bits per heavy atom. The van der Waals surface area contributed by atoms with E-state index in [2.05, 4.69) is 23.3 Å². The summed E-state index contributed by atoms with van der Waals surface area (Å²) in [5, 5.41) is 3.54. The van der Waals surface area contributed by atoms with Crippen molar-refractivity contribution in [2.45, 2.75) is 25.8 Å². The smallest absolute Gasteiger partial charge is 0.309 e. The monoisotopic (exact) mass is 290 g/mol. The summed E-state index contributed by atoms with van der Waals surface area (Å²) >= 11 is 0. The van der Waals surface area contributed by atoms with Crippen LogP contribution in [-0.4, -0.2) is 44.7 Å². The van der Waals surface area contributed by atoms with Gasteiger partial charge in [0.2, 0.25) is 0 Å². The van der Waals surface area contributed by atoms with Gasteiger partial charge in [0.25, 0.3) is 0 Å². The fraction of sp³-hybridized carbons (Fsp3) is 0.588. The fourth-order valence-electron chi connectivity index (χ4n) is 2.98. The lowest BCUT2D eigenvalue weighted by Gasteiger charge is -2.29. The van der Waals surface area contributed by atoms with Gasteiger partial charge in [0.15, 0.2) is 0 Å². The van der Waals surface area contributed by atoms with Crippen molar-refractivity contribution < 1.29 is 9.53 Å². The van der Waals surface area contributed by atoms with E-state index >= 15 is 0 Å². The Morgan fingerprint density at radius 1 is 1.38 bits per heavy atom. The van der Waals surface area contributed by atoms with Gasteiger partial charge < -0.3 is 15.0 Å². The quantitative estimate of drug-likeness (QED) is 0.812. The zero-order chi connectivity index (χ0) is 15.1. The molecule has 1 unspecified atom stereocenters. The van der Waals surface area contributed by atoms with Crippen molar-refractivity contribution >= 4 is 5.97 Å². The number of ether oxygens (including phenoxy) is 1. The molecule has 4 heteroatoms. The molecule has 1 aromatic rings. The van der Waals surface area contributed by atoms with Crippen molar-refractivity contribution in [1.82, 2.24) is 10.2 Å². The zero-order valence-corrected chi connectivity index (χ0v) is 13.1. The lowest BCUT2D eigenvalue weighted by molar-refractivity contribution is -0.139. The van der Waals surface area contributed by atoms with Crippen LogP contribution in [0.4, 0.5) is 0 Å². The number of esters is 1. The molecular weight excluding hydrogens is 264 g/mol. The highest BCUT2D eigenvalue weighted by Gasteiger charge is 2.16. The molecule has 0 radical (unpaired) electrons.